The summed E-state index contributed by atoms with van der Waals surface area (Å²) in [5.74, 6) is 0.0658. The molecule has 2 aromatic carbocycles. The van der Waals surface area contributed by atoms with Crippen molar-refractivity contribution in [3.63, 3.8) is 0 Å². The second-order valence-electron chi connectivity index (χ2n) is 5.37. The minimum absolute atomic E-state index is 0.0177. The van der Waals surface area contributed by atoms with Crippen LogP contribution in [0.25, 0.3) is 0 Å². The van der Waals surface area contributed by atoms with E-state index in [1.807, 2.05) is 43.3 Å². The van der Waals surface area contributed by atoms with Crippen LogP contribution in [0.5, 0.6) is 0 Å². The Morgan fingerprint density at radius 3 is 2.71 bits per heavy atom. The minimum Gasteiger partial charge on any atom is -0.370 e. The van der Waals surface area contributed by atoms with Crippen molar-refractivity contribution < 1.29 is 4.79 Å². The Morgan fingerprint density at radius 1 is 1.21 bits per heavy atom. The number of nitrogens with two attached hydrogens (primary N) is 1. The molecule has 0 saturated heterocycles. The SMILES string of the molecule is Cc1ccc(Br)cc1NC(=O)CN=C(N)NCCc1ccccc1. The van der Waals surface area contributed by atoms with Gasteiger partial charge in [0.25, 0.3) is 0 Å². The summed E-state index contributed by atoms with van der Waals surface area (Å²) in [6.07, 6.45) is 0.848. The lowest BCUT2D eigenvalue weighted by Gasteiger charge is -2.08. The van der Waals surface area contributed by atoms with Gasteiger partial charge in [-0.25, -0.2) is 4.99 Å². The van der Waals surface area contributed by atoms with E-state index in [-0.39, 0.29) is 18.4 Å². The van der Waals surface area contributed by atoms with Gasteiger partial charge in [-0.05, 0) is 36.6 Å². The van der Waals surface area contributed by atoms with E-state index in [9.17, 15) is 4.79 Å². The van der Waals surface area contributed by atoms with E-state index in [1.165, 1.54) is 5.56 Å². The Balaban J connectivity index is 1.77. The highest BCUT2D eigenvalue weighted by Gasteiger charge is 2.05. The van der Waals surface area contributed by atoms with E-state index in [0.29, 0.717) is 6.54 Å². The number of nitrogens with one attached hydrogen (secondary N) is 2. The molecule has 126 valence electrons. The quantitative estimate of drug-likeness (QED) is 0.525. The Labute approximate surface area is 150 Å². The molecule has 0 unspecified atom stereocenters. The topological polar surface area (TPSA) is 79.5 Å². The molecule has 0 aliphatic carbocycles. The second kappa shape index (κ2) is 9.08. The maximum absolute atomic E-state index is 12.0. The van der Waals surface area contributed by atoms with Crippen molar-refractivity contribution in [3.8, 4) is 0 Å². The zero-order valence-electron chi connectivity index (χ0n) is 13.6. The molecule has 0 spiro atoms. The first-order chi connectivity index (χ1) is 11.5. The normalized spacial score (nSPS) is 11.2. The molecule has 0 bridgehead atoms. The largest absolute Gasteiger partial charge is 0.370 e. The summed E-state index contributed by atoms with van der Waals surface area (Å²) in [5, 5.41) is 5.84. The smallest absolute Gasteiger partial charge is 0.246 e. The fraction of sp³-hybridized carbons (Fsp3) is 0.222. The fourth-order valence-corrected chi connectivity index (χ4v) is 2.47. The average molecular weight is 389 g/mol. The van der Waals surface area contributed by atoms with Gasteiger partial charge in [-0.2, -0.15) is 0 Å². The van der Waals surface area contributed by atoms with Crippen LogP contribution >= 0.6 is 15.9 Å². The van der Waals surface area contributed by atoms with Crippen LogP contribution in [-0.2, 0) is 11.2 Å². The number of nitrogens with zero attached hydrogens (tertiary/aromatic N) is 1. The van der Waals surface area contributed by atoms with Gasteiger partial charge in [0.1, 0.15) is 6.54 Å². The van der Waals surface area contributed by atoms with E-state index in [0.717, 1.165) is 22.1 Å². The number of hydrogen-bond acceptors (Lipinski definition) is 2. The molecule has 4 N–H and O–H groups in total. The van der Waals surface area contributed by atoms with E-state index < -0.39 is 0 Å². The number of amides is 1. The molecular weight excluding hydrogens is 368 g/mol. The monoisotopic (exact) mass is 388 g/mol. The summed E-state index contributed by atoms with van der Waals surface area (Å²) in [4.78, 5) is 16.0. The van der Waals surface area contributed by atoms with Crippen LogP contribution in [0.4, 0.5) is 5.69 Å². The van der Waals surface area contributed by atoms with E-state index in [1.54, 1.807) is 0 Å². The molecule has 0 saturated carbocycles. The average Bonchev–Trinajstić information content (AvgIpc) is 2.57. The van der Waals surface area contributed by atoms with Crippen LogP contribution in [0.1, 0.15) is 11.1 Å². The lowest BCUT2D eigenvalue weighted by atomic mass is 10.1. The van der Waals surface area contributed by atoms with Crippen molar-refractivity contribution in [2.45, 2.75) is 13.3 Å². The fourth-order valence-electron chi connectivity index (χ4n) is 2.11. The van der Waals surface area contributed by atoms with Crippen molar-refractivity contribution in [1.82, 2.24) is 5.32 Å². The lowest BCUT2D eigenvalue weighted by molar-refractivity contribution is -0.114. The van der Waals surface area contributed by atoms with Crippen molar-refractivity contribution in [2.24, 2.45) is 10.7 Å². The molecule has 2 rings (SSSR count). The van der Waals surface area contributed by atoms with Gasteiger partial charge in [-0.3, -0.25) is 4.79 Å². The number of guanidine groups is 1. The number of carbonyl (C=O) groups is 1. The maximum atomic E-state index is 12.0. The molecule has 6 heteroatoms. The van der Waals surface area contributed by atoms with Gasteiger partial charge < -0.3 is 16.4 Å². The number of hydrogen-bond donors (Lipinski definition) is 3. The van der Waals surface area contributed by atoms with Crippen molar-refractivity contribution in [1.29, 1.82) is 0 Å². The van der Waals surface area contributed by atoms with Gasteiger partial charge in [-0.15, -0.1) is 0 Å². The summed E-state index contributed by atoms with van der Waals surface area (Å²) in [6.45, 7) is 2.59. The first-order valence-electron chi connectivity index (χ1n) is 7.68. The predicted molar refractivity (Wildman–Crippen MR) is 102 cm³/mol. The third-order valence-electron chi connectivity index (χ3n) is 3.43. The minimum atomic E-state index is -0.205. The van der Waals surface area contributed by atoms with Gasteiger partial charge in [0.05, 0.1) is 0 Å². The molecule has 0 atom stereocenters. The molecule has 1 amide bonds. The highest BCUT2D eigenvalue weighted by molar-refractivity contribution is 9.10. The molecule has 0 fully saturated rings. The molecule has 2 aromatic rings. The summed E-state index contributed by atoms with van der Waals surface area (Å²) < 4.78 is 0.911. The van der Waals surface area contributed by atoms with Gasteiger partial charge in [-0.1, -0.05) is 52.3 Å². The van der Waals surface area contributed by atoms with Gasteiger partial charge >= 0.3 is 0 Å². The summed E-state index contributed by atoms with van der Waals surface area (Å²) in [6, 6.07) is 15.8. The second-order valence-corrected chi connectivity index (χ2v) is 6.29. The third kappa shape index (κ3) is 6.04. The standard InChI is InChI=1S/C18H21BrN4O/c1-13-7-8-15(19)11-16(13)23-17(24)12-22-18(20)21-10-9-14-5-3-2-4-6-14/h2-8,11H,9-10,12H2,1H3,(H,23,24)(H3,20,21,22). The zero-order chi connectivity index (χ0) is 17.4. The number of benzene rings is 2. The van der Waals surface area contributed by atoms with Crippen molar-refractivity contribution in [3.05, 3.63) is 64.1 Å². The molecular formula is C18H21BrN4O. The number of aliphatic imine (C=N–C) groups is 1. The number of halogens is 1. The molecule has 5 nitrogen and oxygen atoms in total. The van der Waals surface area contributed by atoms with Crippen LogP contribution in [-0.4, -0.2) is 25.0 Å². The summed E-state index contributed by atoms with van der Waals surface area (Å²) >= 11 is 3.39. The predicted octanol–water partition coefficient (Wildman–Crippen LogP) is 2.84. The summed E-state index contributed by atoms with van der Waals surface area (Å²) in [5.41, 5.74) is 8.76. The zero-order valence-corrected chi connectivity index (χ0v) is 15.1. The van der Waals surface area contributed by atoms with Crippen LogP contribution in [0.2, 0.25) is 0 Å². The van der Waals surface area contributed by atoms with Gasteiger partial charge in [0.2, 0.25) is 5.91 Å². The summed E-state index contributed by atoms with van der Waals surface area (Å²) in [7, 11) is 0. The van der Waals surface area contributed by atoms with Gasteiger partial charge in [0.15, 0.2) is 5.96 Å². The number of carbonyl (C=O) groups excluding carboxylic acids is 1. The first kappa shape index (κ1) is 18.0. The molecule has 24 heavy (non-hydrogen) atoms. The van der Waals surface area contributed by atoms with E-state index >= 15 is 0 Å². The molecule has 0 aromatic heterocycles. The molecule has 0 aliphatic rings. The Hall–Kier alpha value is -2.34. The number of rotatable bonds is 6. The highest BCUT2D eigenvalue weighted by Crippen LogP contribution is 2.20. The van der Waals surface area contributed by atoms with E-state index in [4.69, 9.17) is 5.73 Å². The van der Waals surface area contributed by atoms with Crippen LogP contribution in [0, 0.1) is 6.92 Å². The van der Waals surface area contributed by atoms with Crippen molar-refractivity contribution >= 4 is 33.5 Å². The molecule has 0 heterocycles. The molecule has 0 radical (unpaired) electrons. The molecule has 0 aliphatic heterocycles. The van der Waals surface area contributed by atoms with Gasteiger partial charge in [0, 0.05) is 16.7 Å². The number of anilines is 1. The third-order valence-corrected chi connectivity index (χ3v) is 3.92. The number of aryl methyl sites for hydroxylation is 1. The lowest BCUT2D eigenvalue weighted by Crippen LogP contribution is -2.34. The Morgan fingerprint density at radius 2 is 1.96 bits per heavy atom. The van der Waals surface area contributed by atoms with Crippen molar-refractivity contribution in [2.75, 3.05) is 18.4 Å². The van der Waals surface area contributed by atoms with Crippen LogP contribution in [0.15, 0.2) is 58.0 Å². The Bertz CT molecular complexity index is 716. The highest BCUT2D eigenvalue weighted by atomic mass is 79.9. The first-order valence-corrected chi connectivity index (χ1v) is 8.47. The van der Waals surface area contributed by atoms with Crippen LogP contribution in [0.3, 0.4) is 0 Å². The van der Waals surface area contributed by atoms with Crippen LogP contribution < -0.4 is 16.4 Å². The van der Waals surface area contributed by atoms with E-state index in [2.05, 4.69) is 43.7 Å². The Kier molecular flexibility index (Phi) is 6.81. The maximum Gasteiger partial charge on any atom is 0.246 e.